The number of aryl methyl sites for hydroxylation is 1. The van der Waals surface area contributed by atoms with Crippen LogP contribution in [0.4, 0.5) is 0 Å². The number of aliphatic carboxylic acids is 1. The first kappa shape index (κ1) is 20.2. The van der Waals surface area contributed by atoms with Gasteiger partial charge in [0.1, 0.15) is 6.04 Å². The molecule has 0 saturated carbocycles. The second-order valence-corrected chi connectivity index (χ2v) is 9.54. The van der Waals surface area contributed by atoms with Crippen molar-refractivity contribution in [3.05, 3.63) is 41.3 Å². The molecule has 0 saturated heterocycles. The Labute approximate surface area is 166 Å². The van der Waals surface area contributed by atoms with Crippen LogP contribution >= 0.6 is 11.3 Å². The van der Waals surface area contributed by atoms with E-state index in [1.165, 1.54) is 24.3 Å². The molecule has 3 rings (SSSR count). The van der Waals surface area contributed by atoms with E-state index >= 15 is 0 Å². The minimum absolute atomic E-state index is 0.0447. The van der Waals surface area contributed by atoms with Gasteiger partial charge in [0.15, 0.2) is 0 Å². The lowest BCUT2D eigenvalue weighted by Crippen LogP contribution is -2.44. The highest BCUT2D eigenvalue weighted by Crippen LogP contribution is 2.28. The highest BCUT2D eigenvalue weighted by molar-refractivity contribution is 7.89. The number of carboxylic acid groups (broad SMARTS) is 1. The standard InChI is InChI=1S/C18H19N3O5S2/c1-10(2)15(18(22)23)21-28(24,25)13-7-5-12(6-8-13)17-19-16(20-26-17)14-9-4-11(3)27-14/h4-10,15,21H,1-3H3,(H,22,23)/t15-/m1/s1. The number of hydrogen-bond acceptors (Lipinski definition) is 7. The smallest absolute Gasteiger partial charge is 0.322 e. The molecule has 10 heteroatoms. The maximum Gasteiger partial charge on any atom is 0.322 e. The molecule has 0 aliphatic rings. The molecule has 0 fully saturated rings. The van der Waals surface area contributed by atoms with Gasteiger partial charge in [0, 0.05) is 10.4 Å². The zero-order valence-electron chi connectivity index (χ0n) is 15.4. The highest BCUT2D eigenvalue weighted by Gasteiger charge is 2.28. The van der Waals surface area contributed by atoms with Gasteiger partial charge in [0.05, 0.1) is 9.77 Å². The topological polar surface area (TPSA) is 122 Å². The number of benzene rings is 1. The van der Waals surface area contributed by atoms with Crippen LogP contribution in [0.5, 0.6) is 0 Å². The number of sulfonamides is 1. The van der Waals surface area contributed by atoms with Crippen molar-refractivity contribution in [2.75, 3.05) is 0 Å². The lowest BCUT2D eigenvalue weighted by atomic mass is 10.1. The summed E-state index contributed by atoms with van der Waals surface area (Å²) in [5.74, 6) is -0.891. The van der Waals surface area contributed by atoms with Gasteiger partial charge in [-0.1, -0.05) is 19.0 Å². The van der Waals surface area contributed by atoms with E-state index in [4.69, 9.17) is 4.52 Å². The number of nitrogens with one attached hydrogen (secondary N) is 1. The van der Waals surface area contributed by atoms with Crippen LogP contribution in [0.3, 0.4) is 0 Å². The first-order valence-corrected chi connectivity index (χ1v) is 10.7. The molecule has 2 N–H and O–H groups in total. The zero-order chi connectivity index (χ0) is 20.5. The molecule has 0 aliphatic carbocycles. The van der Waals surface area contributed by atoms with E-state index in [-0.39, 0.29) is 10.8 Å². The van der Waals surface area contributed by atoms with Crippen LogP contribution in [0.1, 0.15) is 18.7 Å². The maximum atomic E-state index is 12.5. The van der Waals surface area contributed by atoms with Crippen molar-refractivity contribution in [2.24, 2.45) is 5.92 Å². The Balaban J connectivity index is 1.81. The van der Waals surface area contributed by atoms with Gasteiger partial charge >= 0.3 is 5.97 Å². The van der Waals surface area contributed by atoms with Crippen LogP contribution in [0.15, 0.2) is 45.8 Å². The molecule has 0 unspecified atom stereocenters. The fourth-order valence-electron chi connectivity index (χ4n) is 2.48. The van der Waals surface area contributed by atoms with Gasteiger partial charge in [0.25, 0.3) is 5.89 Å². The number of thiophene rings is 1. The van der Waals surface area contributed by atoms with E-state index in [0.717, 1.165) is 9.75 Å². The summed E-state index contributed by atoms with van der Waals surface area (Å²) in [4.78, 5) is 17.6. The predicted molar refractivity (Wildman–Crippen MR) is 104 cm³/mol. The van der Waals surface area contributed by atoms with E-state index in [1.54, 1.807) is 25.2 Å². The van der Waals surface area contributed by atoms with Gasteiger partial charge in [-0.3, -0.25) is 4.79 Å². The molecule has 2 aromatic heterocycles. The molecule has 0 aliphatic heterocycles. The molecular formula is C18H19N3O5S2. The van der Waals surface area contributed by atoms with Crippen molar-refractivity contribution >= 4 is 27.3 Å². The lowest BCUT2D eigenvalue weighted by Gasteiger charge is -2.17. The van der Waals surface area contributed by atoms with Gasteiger partial charge in [-0.25, -0.2) is 8.42 Å². The quantitative estimate of drug-likeness (QED) is 0.601. The van der Waals surface area contributed by atoms with E-state index in [0.29, 0.717) is 11.4 Å². The van der Waals surface area contributed by atoms with Crippen LogP contribution in [-0.4, -0.2) is 35.7 Å². The second kappa shape index (κ2) is 7.82. The SMILES string of the molecule is Cc1ccc(-c2noc(-c3ccc(S(=O)(=O)N[C@@H](C(=O)O)C(C)C)cc3)n2)s1. The first-order valence-electron chi connectivity index (χ1n) is 8.43. The fraction of sp³-hybridized carbons (Fsp3) is 0.278. The Kier molecular flexibility index (Phi) is 5.64. The third kappa shape index (κ3) is 4.29. The number of rotatable bonds is 7. The van der Waals surface area contributed by atoms with E-state index in [2.05, 4.69) is 14.9 Å². The fourth-order valence-corrected chi connectivity index (χ4v) is 4.61. The molecule has 2 heterocycles. The third-order valence-electron chi connectivity index (χ3n) is 4.01. The Morgan fingerprint density at radius 2 is 1.86 bits per heavy atom. The summed E-state index contributed by atoms with van der Waals surface area (Å²) in [6.45, 7) is 5.25. The van der Waals surface area contributed by atoms with Crippen molar-refractivity contribution in [1.29, 1.82) is 0 Å². The number of carbonyl (C=O) groups is 1. The highest BCUT2D eigenvalue weighted by atomic mass is 32.2. The molecule has 0 bridgehead atoms. The minimum atomic E-state index is -3.98. The number of carboxylic acids is 1. The maximum absolute atomic E-state index is 12.5. The molecule has 0 spiro atoms. The zero-order valence-corrected chi connectivity index (χ0v) is 17.0. The molecule has 1 atom stereocenters. The average Bonchev–Trinajstić information content (AvgIpc) is 3.28. The first-order chi connectivity index (χ1) is 13.2. The largest absolute Gasteiger partial charge is 0.480 e. The van der Waals surface area contributed by atoms with Crippen molar-refractivity contribution in [3.63, 3.8) is 0 Å². The molecule has 8 nitrogen and oxygen atoms in total. The number of hydrogen-bond donors (Lipinski definition) is 2. The van der Waals surface area contributed by atoms with Crippen molar-refractivity contribution in [3.8, 4) is 22.2 Å². The average molecular weight is 422 g/mol. The summed E-state index contributed by atoms with van der Waals surface area (Å²) in [5, 5.41) is 13.1. The summed E-state index contributed by atoms with van der Waals surface area (Å²) < 4.78 is 32.4. The van der Waals surface area contributed by atoms with Gasteiger partial charge in [-0.15, -0.1) is 11.3 Å². The minimum Gasteiger partial charge on any atom is -0.480 e. The Morgan fingerprint density at radius 3 is 2.39 bits per heavy atom. The lowest BCUT2D eigenvalue weighted by molar-refractivity contribution is -0.140. The summed E-state index contributed by atoms with van der Waals surface area (Å²) >= 11 is 1.54. The Bertz CT molecular complexity index is 1080. The molecule has 28 heavy (non-hydrogen) atoms. The van der Waals surface area contributed by atoms with Gasteiger partial charge < -0.3 is 9.63 Å². The second-order valence-electron chi connectivity index (χ2n) is 6.54. The van der Waals surface area contributed by atoms with Crippen molar-refractivity contribution in [2.45, 2.75) is 31.7 Å². The summed E-state index contributed by atoms with van der Waals surface area (Å²) in [6, 6.07) is 8.48. The predicted octanol–water partition coefficient (Wildman–Crippen LogP) is 3.16. The molecule has 3 aromatic rings. The van der Waals surface area contributed by atoms with Gasteiger partial charge in [-0.05, 0) is 49.2 Å². The van der Waals surface area contributed by atoms with E-state index in [1.807, 2.05) is 19.1 Å². The monoisotopic (exact) mass is 421 g/mol. The molecule has 0 radical (unpaired) electrons. The molecule has 148 valence electrons. The van der Waals surface area contributed by atoms with Crippen LogP contribution in [0.25, 0.3) is 22.2 Å². The van der Waals surface area contributed by atoms with Crippen molar-refractivity contribution < 1.29 is 22.8 Å². The Morgan fingerprint density at radius 1 is 1.18 bits per heavy atom. The van der Waals surface area contributed by atoms with Crippen LogP contribution < -0.4 is 4.72 Å². The Hall–Kier alpha value is -2.56. The summed E-state index contributed by atoms with van der Waals surface area (Å²) in [5.41, 5.74) is 0.560. The number of aromatic nitrogens is 2. The van der Waals surface area contributed by atoms with Gasteiger partial charge in [-0.2, -0.15) is 9.71 Å². The van der Waals surface area contributed by atoms with E-state index < -0.39 is 28.0 Å². The van der Waals surface area contributed by atoms with Gasteiger partial charge in [0.2, 0.25) is 15.8 Å². The van der Waals surface area contributed by atoms with Crippen molar-refractivity contribution in [1.82, 2.24) is 14.9 Å². The number of nitrogens with zero attached hydrogens (tertiary/aromatic N) is 2. The summed E-state index contributed by atoms with van der Waals surface area (Å²) in [6.07, 6.45) is 0. The van der Waals surface area contributed by atoms with Crippen LogP contribution in [0, 0.1) is 12.8 Å². The normalized spacial score (nSPS) is 13.0. The third-order valence-corrected chi connectivity index (χ3v) is 6.47. The van der Waals surface area contributed by atoms with E-state index in [9.17, 15) is 18.3 Å². The van der Waals surface area contributed by atoms with Crippen LogP contribution in [0.2, 0.25) is 0 Å². The van der Waals surface area contributed by atoms with Crippen LogP contribution in [-0.2, 0) is 14.8 Å². The molecule has 0 amide bonds. The molecular weight excluding hydrogens is 402 g/mol. The summed E-state index contributed by atoms with van der Waals surface area (Å²) in [7, 11) is -3.98. The molecule has 1 aromatic carbocycles.